The van der Waals surface area contributed by atoms with Crippen LogP contribution in [-0.4, -0.2) is 5.97 Å². The van der Waals surface area contributed by atoms with Gasteiger partial charge in [0.2, 0.25) is 5.76 Å². The van der Waals surface area contributed by atoms with Gasteiger partial charge >= 0.3 is 11.6 Å². The minimum atomic E-state index is -0.683. The molecule has 0 atom stereocenters. The molecule has 0 fully saturated rings. The zero-order valence-electron chi connectivity index (χ0n) is 14.7. The molecule has 0 saturated heterocycles. The zero-order valence-corrected chi connectivity index (χ0v) is 14.7. The van der Waals surface area contributed by atoms with Crippen LogP contribution in [0.5, 0.6) is 0 Å². The fraction of sp³-hybridized carbons (Fsp3) is 0.143. The summed E-state index contributed by atoms with van der Waals surface area (Å²) < 4.78 is 29.5. The number of carbonyl (C=O) groups excluding carboxylic acids is 1. The lowest BCUT2D eigenvalue weighted by atomic mass is 10.1. The van der Waals surface area contributed by atoms with Crippen molar-refractivity contribution in [3.8, 4) is 0 Å². The third kappa shape index (κ3) is 3.10. The Bertz CT molecular complexity index is 1250. The lowest BCUT2D eigenvalue weighted by Gasteiger charge is -2.07. The summed E-state index contributed by atoms with van der Waals surface area (Å²) in [6.07, 6.45) is 0. The second kappa shape index (κ2) is 6.39. The van der Waals surface area contributed by atoms with Gasteiger partial charge in [0.1, 0.15) is 23.6 Å². The van der Waals surface area contributed by atoms with Crippen LogP contribution in [0, 0.1) is 19.7 Å². The Morgan fingerprint density at radius 1 is 1.00 bits per heavy atom. The number of benzene rings is 2. The van der Waals surface area contributed by atoms with Crippen LogP contribution in [0.2, 0.25) is 0 Å². The average Bonchev–Trinajstić information content (AvgIpc) is 2.95. The maximum Gasteiger partial charge on any atom is 0.374 e. The SMILES string of the molecule is Cc1ccc2c(COC(=O)c3oc4ccc(F)cc4c3C)cc(=O)oc2c1. The van der Waals surface area contributed by atoms with Crippen molar-refractivity contribution in [1.82, 2.24) is 0 Å². The van der Waals surface area contributed by atoms with E-state index in [1.165, 1.54) is 24.3 Å². The van der Waals surface area contributed by atoms with Gasteiger partial charge in [-0.1, -0.05) is 12.1 Å². The van der Waals surface area contributed by atoms with Crippen molar-refractivity contribution in [1.29, 1.82) is 0 Å². The molecule has 0 aliphatic heterocycles. The highest BCUT2D eigenvalue weighted by Crippen LogP contribution is 2.27. The summed E-state index contributed by atoms with van der Waals surface area (Å²) >= 11 is 0. The van der Waals surface area contributed by atoms with E-state index in [4.69, 9.17) is 13.6 Å². The standard InChI is InChI=1S/C21H15FO5/c1-11-3-5-15-13(8-19(23)26-18(15)7-11)10-25-21(24)20-12(2)16-9-14(22)4-6-17(16)27-20/h3-9H,10H2,1-2H3. The van der Waals surface area contributed by atoms with Gasteiger partial charge in [-0.2, -0.15) is 0 Å². The Kier molecular flexibility index (Phi) is 4.03. The van der Waals surface area contributed by atoms with E-state index in [0.29, 0.717) is 33.1 Å². The third-order valence-electron chi connectivity index (χ3n) is 4.43. The molecule has 0 aliphatic rings. The fourth-order valence-electron chi connectivity index (χ4n) is 3.05. The van der Waals surface area contributed by atoms with Crippen LogP contribution in [0.1, 0.15) is 27.2 Å². The van der Waals surface area contributed by atoms with E-state index >= 15 is 0 Å². The molecule has 5 nitrogen and oxygen atoms in total. The van der Waals surface area contributed by atoms with Crippen molar-refractivity contribution in [3.05, 3.63) is 81.2 Å². The summed E-state index contributed by atoms with van der Waals surface area (Å²) in [5.41, 5.74) is 2.31. The Morgan fingerprint density at radius 3 is 2.63 bits per heavy atom. The lowest BCUT2D eigenvalue weighted by molar-refractivity contribution is 0.0438. The zero-order chi connectivity index (χ0) is 19.1. The van der Waals surface area contributed by atoms with E-state index < -0.39 is 17.4 Å². The van der Waals surface area contributed by atoms with Gasteiger partial charge in [0, 0.05) is 28.0 Å². The van der Waals surface area contributed by atoms with Crippen molar-refractivity contribution >= 4 is 27.9 Å². The van der Waals surface area contributed by atoms with E-state index in [1.54, 1.807) is 13.0 Å². The number of ether oxygens (including phenoxy) is 1. The normalized spacial score (nSPS) is 11.2. The molecule has 0 spiro atoms. The smallest absolute Gasteiger partial charge is 0.374 e. The molecule has 4 rings (SSSR count). The Labute approximate surface area is 153 Å². The number of furan rings is 1. The van der Waals surface area contributed by atoms with E-state index in [-0.39, 0.29) is 12.4 Å². The van der Waals surface area contributed by atoms with Gasteiger partial charge in [0.25, 0.3) is 0 Å². The number of hydrogen-bond donors (Lipinski definition) is 0. The molecule has 0 N–H and O–H groups in total. The summed E-state index contributed by atoms with van der Waals surface area (Å²) in [6.45, 7) is 3.44. The first-order valence-corrected chi connectivity index (χ1v) is 8.31. The van der Waals surface area contributed by atoms with Gasteiger partial charge in [-0.15, -0.1) is 0 Å². The first kappa shape index (κ1) is 17.0. The van der Waals surface area contributed by atoms with Gasteiger partial charge in [-0.25, -0.2) is 14.0 Å². The highest BCUT2D eigenvalue weighted by atomic mass is 19.1. The van der Waals surface area contributed by atoms with E-state index in [1.807, 2.05) is 19.1 Å². The second-order valence-electron chi connectivity index (χ2n) is 6.36. The Hall–Kier alpha value is -3.41. The van der Waals surface area contributed by atoms with Gasteiger partial charge in [-0.05, 0) is 43.7 Å². The molecule has 0 bridgehead atoms. The number of carbonyl (C=O) groups is 1. The van der Waals surface area contributed by atoms with E-state index in [0.717, 1.165) is 5.56 Å². The Balaban J connectivity index is 1.64. The second-order valence-corrected chi connectivity index (χ2v) is 6.36. The molecule has 0 amide bonds. The monoisotopic (exact) mass is 366 g/mol. The number of aryl methyl sites for hydroxylation is 2. The Morgan fingerprint density at radius 2 is 1.81 bits per heavy atom. The minimum Gasteiger partial charge on any atom is -0.455 e. The molecule has 2 heterocycles. The van der Waals surface area contributed by atoms with Gasteiger partial charge in [0.05, 0.1) is 0 Å². The molecule has 4 aromatic rings. The van der Waals surface area contributed by atoms with Crippen molar-refractivity contribution in [2.45, 2.75) is 20.5 Å². The predicted molar refractivity (Wildman–Crippen MR) is 97.2 cm³/mol. The van der Waals surface area contributed by atoms with E-state index in [2.05, 4.69) is 0 Å². The molecular weight excluding hydrogens is 351 g/mol. The number of hydrogen-bond acceptors (Lipinski definition) is 5. The van der Waals surface area contributed by atoms with E-state index in [9.17, 15) is 14.0 Å². The number of rotatable bonds is 3. The number of esters is 1. The molecule has 0 unspecified atom stereocenters. The molecule has 2 aromatic heterocycles. The lowest BCUT2D eigenvalue weighted by Crippen LogP contribution is -2.08. The summed E-state index contributed by atoms with van der Waals surface area (Å²) in [7, 11) is 0. The predicted octanol–water partition coefficient (Wildman–Crippen LogP) is 4.65. The molecule has 6 heteroatoms. The van der Waals surface area contributed by atoms with Crippen LogP contribution in [0.25, 0.3) is 21.9 Å². The fourth-order valence-corrected chi connectivity index (χ4v) is 3.05. The topological polar surface area (TPSA) is 69.7 Å². The minimum absolute atomic E-state index is 0.0127. The molecule has 2 aromatic carbocycles. The summed E-state index contributed by atoms with van der Waals surface area (Å²) in [5, 5.41) is 1.21. The van der Waals surface area contributed by atoms with Crippen LogP contribution < -0.4 is 5.63 Å². The van der Waals surface area contributed by atoms with Crippen LogP contribution in [0.4, 0.5) is 4.39 Å². The van der Waals surface area contributed by atoms with Crippen LogP contribution >= 0.6 is 0 Å². The molecule has 0 saturated carbocycles. The van der Waals surface area contributed by atoms with Crippen molar-refractivity contribution in [3.63, 3.8) is 0 Å². The first-order chi connectivity index (χ1) is 12.9. The number of halogens is 1. The summed E-state index contributed by atoms with van der Waals surface area (Å²) in [5.74, 6) is -1.08. The molecule has 27 heavy (non-hydrogen) atoms. The largest absolute Gasteiger partial charge is 0.455 e. The van der Waals surface area contributed by atoms with Gasteiger partial charge in [0.15, 0.2) is 0 Å². The van der Waals surface area contributed by atoms with Crippen molar-refractivity contribution < 1.29 is 22.8 Å². The molecule has 136 valence electrons. The highest BCUT2D eigenvalue weighted by Gasteiger charge is 2.20. The molecular formula is C21H15FO5. The van der Waals surface area contributed by atoms with Gasteiger partial charge < -0.3 is 13.6 Å². The highest BCUT2D eigenvalue weighted by molar-refractivity contribution is 5.96. The first-order valence-electron chi connectivity index (χ1n) is 8.31. The maximum absolute atomic E-state index is 13.4. The maximum atomic E-state index is 13.4. The third-order valence-corrected chi connectivity index (χ3v) is 4.43. The van der Waals surface area contributed by atoms with Crippen LogP contribution in [0.3, 0.4) is 0 Å². The van der Waals surface area contributed by atoms with Crippen LogP contribution in [-0.2, 0) is 11.3 Å². The molecule has 0 aliphatic carbocycles. The number of fused-ring (bicyclic) bond motifs is 2. The summed E-state index contributed by atoms with van der Waals surface area (Å²) in [4.78, 5) is 24.2. The average molecular weight is 366 g/mol. The van der Waals surface area contributed by atoms with Crippen molar-refractivity contribution in [2.75, 3.05) is 0 Å². The quantitative estimate of drug-likeness (QED) is 0.390. The van der Waals surface area contributed by atoms with Crippen molar-refractivity contribution in [2.24, 2.45) is 0 Å². The van der Waals surface area contributed by atoms with Crippen LogP contribution in [0.15, 0.2) is 56.1 Å². The molecule has 0 radical (unpaired) electrons. The summed E-state index contributed by atoms with van der Waals surface area (Å²) in [6, 6.07) is 10.8. The van der Waals surface area contributed by atoms with Gasteiger partial charge in [-0.3, -0.25) is 0 Å².